The first kappa shape index (κ1) is 28.7. The second-order valence-corrected chi connectivity index (χ2v) is 9.98. The molecule has 2 aromatic carbocycles. The molecule has 2 N–H and O–H groups in total. The highest BCUT2D eigenvalue weighted by atomic mass is 35.5. The summed E-state index contributed by atoms with van der Waals surface area (Å²) in [6.45, 7) is 2.60. The molecule has 39 heavy (non-hydrogen) atoms. The topological polar surface area (TPSA) is 114 Å². The smallest absolute Gasteiger partial charge is 0.489 e. The average molecular weight is 571 g/mol. The number of amides is 1. The molecule has 2 aliphatic rings. The minimum atomic E-state index is -5.34. The maximum Gasteiger partial charge on any atom is 0.491 e. The number of alkyl halides is 3. The van der Waals surface area contributed by atoms with Crippen LogP contribution in [0.5, 0.6) is 11.5 Å². The maximum absolute atomic E-state index is 12.4. The first-order chi connectivity index (χ1) is 18.3. The average Bonchev–Trinajstić information content (AvgIpc) is 3.20. The lowest BCUT2D eigenvalue weighted by Gasteiger charge is -2.39. The van der Waals surface area contributed by atoms with E-state index in [-0.39, 0.29) is 30.2 Å². The molecule has 2 heterocycles. The Balaban J connectivity index is 1.33. The van der Waals surface area contributed by atoms with Crippen molar-refractivity contribution in [2.75, 3.05) is 31.6 Å². The zero-order valence-electron chi connectivity index (χ0n) is 20.8. The predicted molar refractivity (Wildman–Crippen MR) is 133 cm³/mol. The summed E-state index contributed by atoms with van der Waals surface area (Å²) in [6.07, 6.45) is -4.04. The van der Waals surface area contributed by atoms with Gasteiger partial charge >= 0.3 is 18.1 Å². The Bertz CT molecular complexity index is 1260. The van der Waals surface area contributed by atoms with Crippen LogP contribution in [0.4, 0.5) is 18.9 Å². The summed E-state index contributed by atoms with van der Waals surface area (Å²) in [5.41, 5.74) is 0.479. The molecule has 1 fully saturated rings. The first-order valence-corrected chi connectivity index (χ1v) is 12.5. The van der Waals surface area contributed by atoms with Crippen molar-refractivity contribution in [1.29, 1.82) is 0 Å². The maximum atomic E-state index is 12.4. The highest BCUT2D eigenvalue weighted by Crippen LogP contribution is 2.42. The van der Waals surface area contributed by atoms with Gasteiger partial charge in [-0.3, -0.25) is 4.79 Å². The zero-order valence-corrected chi connectivity index (χ0v) is 21.6. The lowest BCUT2D eigenvalue weighted by atomic mass is 9.87. The SMILES string of the molecule is CC(=O)Nc1ccc(C(=O)OC(=O)C(F)(F)F)cc1OC[C@H](O)CN1CCC2(CC1)Cc1cc(Cl)ccc1O2. The van der Waals surface area contributed by atoms with Crippen molar-refractivity contribution in [3.05, 3.63) is 52.5 Å². The van der Waals surface area contributed by atoms with Crippen molar-refractivity contribution in [2.24, 2.45) is 0 Å². The number of hydrogen-bond donors (Lipinski definition) is 2. The fourth-order valence-corrected chi connectivity index (χ4v) is 4.82. The Morgan fingerprint density at radius 2 is 1.90 bits per heavy atom. The molecule has 13 heteroatoms. The van der Waals surface area contributed by atoms with Gasteiger partial charge in [-0.15, -0.1) is 0 Å². The van der Waals surface area contributed by atoms with Crippen LogP contribution in [0.15, 0.2) is 36.4 Å². The highest BCUT2D eigenvalue weighted by molar-refractivity contribution is 6.30. The van der Waals surface area contributed by atoms with Crippen LogP contribution in [-0.4, -0.2) is 72.0 Å². The lowest BCUT2D eigenvalue weighted by molar-refractivity contribution is -0.193. The number of hydrogen-bond acceptors (Lipinski definition) is 8. The standard InChI is InChI=1S/C26H26ClF3N2O7/c1-15(33)31-20-4-2-16(23(35)38-24(36)26(28,29)30)11-22(20)37-14-19(34)13-32-8-6-25(7-9-32)12-17-10-18(27)3-5-21(17)39-25/h2-5,10-11,19,34H,6-9,12-14H2,1H3,(H,31,33)/t19-/m1/s1. The number of carbonyl (C=O) groups is 3. The van der Waals surface area contributed by atoms with Crippen molar-refractivity contribution in [3.63, 3.8) is 0 Å². The molecule has 1 spiro atoms. The summed E-state index contributed by atoms with van der Waals surface area (Å²) in [5, 5.41) is 13.7. The lowest BCUT2D eigenvalue weighted by Crippen LogP contribution is -2.49. The van der Waals surface area contributed by atoms with E-state index in [2.05, 4.69) is 15.0 Å². The molecule has 9 nitrogen and oxygen atoms in total. The van der Waals surface area contributed by atoms with Gasteiger partial charge in [-0.25, -0.2) is 9.59 Å². The quantitative estimate of drug-likeness (QED) is 0.382. The van der Waals surface area contributed by atoms with Gasteiger partial charge in [-0.1, -0.05) is 11.6 Å². The van der Waals surface area contributed by atoms with Gasteiger partial charge in [0.15, 0.2) is 0 Å². The Morgan fingerprint density at radius 3 is 2.56 bits per heavy atom. The van der Waals surface area contributed by atoms with Gasteiger partial charge in [0.2, 0.25) is 5.91 Å². The molecule has 2 aromatic rings. The van der Waals surface area contributed by atoms with Crippen molar-refractivity contribution >= 4 is 35.1 Å². The predicted octanol–water partition coefficient (Wildman–Crippen LogP) is 3.75. The van der Waals surface area contributed by atoms with Gasteiger partial charge in [0.25, 0.3) is 0 Å². The van der Waals surface area contributed by atoms with Crippen LogP contribution >= 0.6 is 11.6 Å². The number of nitrogens with zero attached hydrogens (tertiary/aromatic N) is 1. The monoisotopic (exact) mass is 570 g/mol. The van der Waals surface area contributed by atoms with Crippen LogP contribution in [0.25, 0.3) is 0 Å². The second-order valence-electron chi connectivity index (χ2n) is 9.55. The van der Waals surface area contributed by atoms with Crippen LogP contribution in [0.3, 0.4) is 0 Å². The molecule has 4 rings (SSSR count). The minimum absolute atomic E-state index is 0.0912. The Morgan fingerprint density at radius 1 is 1.18 bits per heavy atom. The number of halogens is 4. The largest absolute Gasteiger partial charge is 0.491 e. The molecule has 0 saturated carbocycles. The summed E-state index contributed by atoms with van der Waals surface area (Å²) in [4.78, 5) is 36.6. The van der Waals surface area contributed by atoms with Crippen molar-refractivity contribution in [1.82, 2.24) is 4.90 Å². The van der Waals surface area contributed by atoms with E-state index in [0.717, 1.165) is 42.7 Å². The zero-order chi connectivity index (χ0) is 28.4. The number of aliphatic hydroxyl groups is 1. The van der Waals surface area contributed by atoms with Crippen LogP contribution in [0.2, 0.25) is 5.02 Å². The van der Waals surface area contributed by atoms with Crippen LogP contribution < -0.4 is 14.8 Å². The molecule has 0 bridgehead atoms. The second kappa shape index (κ2) is 11.4. The van der Waals surface area contributed by atoms with Gasteiger partial charge in [0.05, 0.1) is 11.3 Å². The number of nitrogens with one attached hydrogen (secondary N) is 1. The molecule has 1 saturated heterocycles. The number of anilines is 1. The van der Waals surface area contributed by atoms with Gasteiger partial charge in [-0.05, 0) is 42.0 Å². The molecular weight excluding hydrogens is 545 g/mol. The number of carbonyl (C=O) groups excluding carboxylic acids is 3. The summed E-state index contributed by atoms with van der Waals surface area (Å²) in [5.74, 6) is -3.92. The van der Waals surface area contributed by atoms with E-state index in [0.29, 0.717) is 18.1 Å². The molecule has 210 valence electrons. The normalized spacial score (nSPS) is 17.2. The minimum Gasteiger partial charge on any atom is -0.489 e. The number of piperidine rings is 1. The van der Waals surface area contributed by atoms with Crippen LogP contribution in [0, 0.1) is 0 Å². The fraction of sp³-hybridized carbons (Fsp3) is 0.423. The third-order valence-corrected chi connectivity index (χ3v) is 6.71. The summed E-state index contributed by atoms with van der Waals surface area (Å²) >= 11 is 6.10. The number of aliphatic hydroxyl groups excluding tert-OH is 1. The summed E-state index contributed by atoms with van der Waals surface area (Å²) < 4.78 is 53.0. The molecule has 1 amide bonds. The Labute approximate surface area is 226 Å². The number of fused-ring (bicyclic) bond motifs is 1. The Kier molecular flexibility index (Phi) is 8.38. The molecule has 2 aliphatic heterocycles. The number of rotatable bonds is 7. The summed E-state index contributed by atoms with van der Waals surface area (Å²) in [6, 6.07) is 8.89. The van der Waals surface area contributed by atoms with Crippen molar-refractivity contribution in [2.45, 2.75) is 44.1 Å². The van der Waals surface area contributed by atoms with E-state index in [4.69, 9.17) is 21.1 Å². The molecule has 1 atom stereocenters. The van der Waals surface area contributed by atoms with E-state index >= 15 is 0 Å². The number of likely N-dealkylation sites (tertiary alicyclic amines) is 1. The van der Waals surface area contributed by atoms with Gasteiger partial charge in [0, 0.05) is 50.8 Å². The van der Waals surface area contributed by atoms with E-state index in [1.54, 1.807) is 6.07 Å². The summed E-state index contributed by atoms with van der Waals surface area (Å²) in [7, 11) is 0. The van der Waals surface area contributed by atoms with Crippen LogP contribution in [0.1, 0.15) is 35.7 Å². The van der Waals surface area contributed by atoms with E-state index in [9.17, 15) is 32.7 Å². The fourth-order valence-electron chi connectivity index (χ4n) is 4.62. The molecule has 0 aromatic heterocycles. The van der Waals surface area contributed by atoms with Gasteiger partial charge in [-0.2, -0.15) is 13.2 Å². The third-order valence-electron chi connectivity index (χ3n) is 6.47. The highest BCUT2D eigenvalue weighted by Gasteiger charge is 2.43. The van der Waals surface area contributed by atoms with Gasteiger partial charge in [0.1, 0.15) is 29.8 Å². The molecular formula is C26H26ClF3N2O7. The van der Waals surface area contributed by atoms with Gasteiger partial charge < -0.3 is 29.5 Å². The molecule has 0 aliphatic carbocycles. The van der Waals surface area contributed by atoms with Crippen molar-refractivity contribution in [3.8, 4) is 11.5 Å². The van der Waals surface area contributed by atoms with Crippen molar-refractivity contribution < 1.29 is 46.9 Å². The number of β-amino-alcohol motifs (C(OH)–C–C–N with tert-alkyl or cyclic N) is 1. The van der Waals surface area contributed by atoms with E-state index < -0.39 is 35.7 Å². The molecule has 0 radical (unpaired) electrons. The molecule has 0 unspecified atom stereocenters. The van der Waals surface area contributed by atoms with E-state index in [1.165, 1.54) is 13.0 Å². The number of ether oxygens (including phenoxy) is 3. The number of benzene rings is 2. The number of esters is 2. The first-order valence-electron chi connectivity index (χ1n) is 12.1. The van der Waals surface area contributed by atoms with Crippen LogP contribution in [-0.2, 0) is 20.7 Å². The van der Waals surface area contributed by atoms with E-state index in [1.807, 2.05) is 12.1 Å². The third kappa shape index (κ3) is 7.20. The Hall–Kier alpha value is -3.35.